The van der Waals surface area contributed by atoms with Crippen molar-refractivity contribution in [2.45, 2.75) is 10.9 Å². The smallest absolute Gasteiger partial charge is 0.189 e. The Kier molecular flexibility index (Phi) is 4.21. The first-order valence-corrected chi connectivity index (χ1v) is 6.76. The van der Waals surface area contributed by atoms with E-state index < -0.39 is 0 Å². The highest BCUT2D eigenvalue weighted by Crippen LogP contribution is 2.24. The van der Waals surface area contributed by atoms with E-state index in [1.807, 2.05) is 18.2 Å². The summed E-state index contributed by atoms with van der Waals surface area (Å²) in [7, 11) is 0. The molecule has 16 heavy (non-hydrogen) atoms. The van der Waals surface area contributed by atoms with E-state index in [0.717, 1.165) is 10.2 Å². The highest BCUT2D eigenvalue weighted by molar-refractivity contribution is 9.10. The largest absolute Gasteiger partial charge is 0.230 e. The van der Waals surface area contributed by atoms with Crippen molar-refractivity contribution >= 4 is 39.3 Å². The molecule has 1 heterocycles. The molecule has 0 aliphatic heterocycles. The molecule has 0 aliphatic rings. The second-order valence-corrected chi connectivity index (χ2v) is 5.22. The summed E-state index contributed by atoms with van der Waals surface area (Å²) in [6.45, 7) is 0. The molecule has 0 radical (unpaired) electrons. The fraction of sp³-hybridized carbons (Fsp3) is 0.0909. The van der Waals surface area contributed by atoms with Crippen LogP contribution in [-0.2, 0) is 5.75 Å². The molecule has 0 atom stereocenters. The van der Waals surface area contributed by atoms with E-state index in [9.17, 15) is 0 Å². The van der Waals surface area contributed by atoms with Crippen molar-refractivity contribution in [3.63, 3.8) is 0 Å². The number of hydrogen-bond donors (Lipinski definition) is 0. The van der Waals surface area contributed by atoms with E-state index in [-0.39, 0.29) is 0 Å². The zero-order chi connectivity index (χ0) is 11.4. The standard InChI is InChI=1S/C11H8BrClN2S/c12-9-6-14-11(15-10(9)13)16-7-8-4-2-1-3-5-8/h1-6H,7H2. The highest BCUT2D eigenvalue weighted by atomic mass is 79.9. The predicted octanol–water partition coefficient (Wildman–Crippen LogP) is 4.18. The second-order valence-electron chi connectivity index (χ2n) is 3.07. The summed E-state index contributed by atoms with van der Waals surface area (Å²) in [5.74, 6) is 0.846. The molecular weight excluding hydrogens is 308 g/mol. The van der Waals surface area contributed by atoms with Gasteiger partial charge in [-0.25, -0.2) is 9.97 Å². The van der Waals surface area contributed by atoms with Crippen LogP contribution in [-0.4, -0.2) is 9.97 Å². The first kappa shape index (κ1) is 11.9. The summed E-state index contributed by atoms with van der Waals surface area (Å²) in [4.78, 5) is 8.33. The Morgan fingerprint density at radius 2 is 2.00 bits per heavy atom. The van der Waals surface area contributed by atoms with E-state index in [1.54, 1.807) is 18.0 Å². The Labute approximate surface area is 112 Å². The molecule has 0 amide bonds. The van der Waals surface area contributed by atoms with Gasteiger partial charge in [0, 0.05) is 11.9 Å². The maximum Gasteiger partial charge on any atom is 0.189 e. The van der Waals surface area contributed by atoms with Crippen molar-refractivity contribution in [2.24, 2.45) is 0 Å². The minimum atomic E-state index is 0.450. The van der Waals surface area contributed by atoms with Gasteiger partial charge in [0.05, 0.1) is 4.47 Å². The lowest BCUT2D eigenvalue weighted by molar-refractivity contribution is 0.958. The maximum absolute atomic E-state index is 5.88. The SMILES string of the molecule is Clc1nc(SCc2ccccc2)ncc1Br. The molecule has 1 aromatic heterocycles. The van der Waals surface area contributed by atoms with Crippen LogP contribution in [0, 0.1) is 0 Å². The zero-order valence-corrected chi connectivity index (χ0v) is 11.4. The van der Waals surface area contributed by atoms with Crippen LogP contribution >= 0.6 is 39.3 Å². The van der Waals surface area contributed by atoms with Crippen LogP contribution in [0.2, 0.25) is 5.15 Å². The number of hydrogen-bond acceptors (Lipinski definition) is 3. The lowest BCUT2D eigenvalue weighted by Crippen LogP contribution is -1.88. The molecule has 0 N–H and O–H groups in total. The lowest BCUT2D eigenvalue weighted by Gasteiger charge is -2.01. The third-order valence-electron chi connectivity index (χ3n) is 1.89. The van der Waals surface area contributed by atoms with Gasteiger partial charge in [-0.05, 0) is 21.5 Å². The van der Waals surface area contributed by atoms with Crippen molar-refractivity contribution < 1.29 is 0 Å². The van der Waals surface area contributed by atoms with Gasteiger partial charge in [-0.1, -0.05) is 53.7 Å². The molecule has 5 heteroatoms. The van der Waals surface area contributed by atoms with Crippen molar-refractivity contribution in [3.8, 4) is 0 Å². The number of thioether (sulfide) groups is 1. The topological polar surface area (TPSA) is 25.8 Å². The van der Waals surface area contributed by atoms with Crippen LogP contribution < -0.4 is 0 Å². The summed E-state index contributed by atoms with van der Waals surface area (Å²) >= 11 is 10.7. The van der Waals surface area contributed by atoms with Crippen molar-refractivity contribution in [3.05, 3.63) is 51.7 Å². The first-order valence-electron chi connectivity index (χ1n) is 4.60. The van der Waals surface area contributed by atoms with Gasteiger partial charge in [-0.2, -0.15) is 0 Å². The van der Waals surface area contributed by atoms with E-state index in [1.165, 1.54) is 5.56 Å². The van der Waals surface area contributed by atoms with Gasteiger partial charge >= 0.3 is 0 Å². The molecule has 2 rings (SSSR count). The van der Waals surface area contributed by atoms with E-state index >= 15 is 0 Å². The van der Waals surface area contributed by atoms with Gasteiger partial charge in [0.2, 0.25) is 0 Å². The van der Waals surface area contributed by atoms with Crippen LogP contribution in [0.1, 0.15) is 5.56 Å². The first-order chi connectivity index (χ1) is 7.75. The van der Waals surface area contributed by atoms with E-state index in [0.29, 0.717) is 10.3 Å². The number of nitrogens with zero attached hydrogens (tertiary/aromatic N) is 2. The molecule has 2 nitrogen and oxygen atoms in total. The van der Waals surface area contributed by atoms with Gasteiger partial charge in [-0.15, -0.1) is 0 Å². The molecule has 0 saturated carbocycles. The molecule has 0 unspecified atom stereocenters. The molecule has 0 aliphatic carbocycles. The Morgan fingerprint density at radius 1 is 1.25 bits per heavy atom. The Hall–Kier alpha value is -0.580. The fourth-order valence-electron chi connectivity index (χ4n) is 1.12. The zero-order valence-electron chi connectivity index (χ0n) is 8.23. The minimum absolute atomic E-state index is 0.450. The molecule has 0 saturated heterocycles. The number of rotatable bonds is 3. The summed E-state index contributed by atoms with van der Waals surface area (Å²) in [6, 6.07) is 10.2. The normalized spacial score (nSPS) is 10.4. The van der Waals surface area contributed by atoms with Gasteiger partial charge in [0.15, 0.2) is 5.16 Å². The van der Waals surface area contributed by atoms with E-state index in [4.69, 9.17) is 11.6 Å². The third-order valence-corrected chi connectivity index (χ3v) is 3.92. The molecule has 0 spiro atoms. The predicted molar refractivity (Wildman–Crippen MR) is 70.7 cm³/mol. The summed E-state index contributed by atoms with van der Waals surface area (Å²) in [6.07, 6.45) is 1.67. The second kappa shape index (κ2) is 5.66. The van der Waals surface area contributed by atoms with Crippen LogP contribution in [0.15, 0.2) is 46.2 Å². The summed E-state index contributed by atoms with van der Waals surface area (Å²) in [5, 5.41) is 1.14. The van der Waals surface area contributed by atoms with Crippen molar-refractivity contribution in [1.82, 2.24) is 9.97 Å². The van der Waals surface area contributed by atoms with Crippen molar-refractivity contribution in [1.29, 1.82) is 0 Å². The molecule has 0 fully saturated rings. The quantitative estimate of drug-likeness (QED) is 0.482. The Balaban J connectivity index is 2.03. The van der Waals surface area contributed by atoms with Gasteiger partial charge in [0.25, 0.3) is 0 Å². The summed E-state index contributed by atoms with van der Waals surface area (Å²) < 4.78 is 0.721. The molecular formula is C11H8BrClN2S. The number of benzene rings is 1. The summed E-state index contributed by atoms with van der Waals surface area (Å²) in [5.41, 5.74) is 1.25. The van der Waals surface area contributed by atoms with Crippen LogP contribution in [0.5, 0.6) is 0 Å². The van der Waals surface area contributed by atoms with E-state index in [2.05, 4.69) is 38.0 Å². The monoisotopic (exact) mass is 314 g/mol. The number of aromatic nitrogens is 2. The van der Waals surface area contributed by atoms with Gasteiger partial charge in [0.1, 0.15) is 5.15 Å². The Morgan fingerprint density at radius 3 is 2.69 bits per heavy atom. The molecule has 1 aromatic carbocycles. The van der Waals surface area contributed by atoms with Crippen LogP contribution in [0.4, 0.5) is 0 Å². The number of halogens is 2. The average molecular weight is 316 g/mol. The minimum Gasteiger partial charge on any atom is -0.230 e. The van der Waals surface area contributed by atoms with Crippen LogP contribution in [0.25, 0.3) is 0 Å². The van der Waals surface area contributed by atoms with Gasteiger partial charge < -0.3 is 0 Å². The van der Waals surface area contributed by atoms with Gasteiger partial charge in [-0.3, -0.25) is 0 Å². The molecule has 2 aromatic rings. The lowest BCUT2D eigenvalue weighted by atomic mass is 10.2. The fourth-order valence-corrected chi connectivity index (χ4v) is 2.26. The highest BCUT2D eigenvalue weighted by Gasteiger charge is 2.03. The molecule has 0 bridgehead atoms. The molecule has 82 valence electrons. The van der Waals surface area contributed by atoms with Crippen molar-refractivity contribution in [2.75, 3.05) is 0 Å². The average Bonchev–Trinajstić information content (AvgIpc) is 2.32. The van der Waals surface area contributed by atoms with Crippen LogP contribution in [0.3, 0.4) is 0 Å². The third kappa shape index (κ3) is 3.20. The Bertz CT molecular complexity index is 479. The maximum atomic E-state index is 5.88.